The molecule has 22 heavy (non-hydrogen) atoms. The number of carbonyl (C=O) groups excluding carboxylic acids is 1. The number of aryl methyl sites for hydroxylation is 3. The summed E-state index contributed by atoms with van der Waals surface area (Å²) in [4.78, 5) is 20.3. The van der Waals surface area contributed by atoms with Gasteiger partial charge in [-0.2, -0.15) is 0 Å². The Bertz CT molecular complexity index is 716. The van der Waals surface area contributed by atoms with Crippen molar-refractivity contribution in [3.05, 3.63) is 28.5 Å². The third-order valence-electron chi connectivity index (χ3n) is 4.73. The SMILES string of the molecule is Cc1nc2c([nH]1)CC(C(=O)Nc1onc3c1CCCC3)CC2. The van der Waals surface area contributed by atoms with E-state index in [1.807, 2.05) is 6.92 Å². The Morgan fingerprint density at radius 1 is 1.27 bits per heavy atom. The molecule has 6 nitrogen and oxygen atoms in total. The molecule has 6 heteroatoms. The van der Waals surface area contributed by atoms with Crippen LogP contribution in [0.3, 0.4) is 0 Å². The van der Waals surface area contributed by atoms with E-state index < -0.39 is 0 Å². The first kappa shape index (κ1) is 13.5. The lowest BCUT2D eigenvalue weighted by molar-refractivity contribution is -0.120. The molecule has 2 aliphatic rings. The molecular formula is C16H20N4O2. The van der Waals surface area contributed by atoms with E-state index >= 15 is 0 Å². The standard InChI is InChI=1S/C16H20N4O2/c1-9-17-13-7-6-10(8-14(13)18-9)15(21)19-16-11-4-2-3-5-12(11)20-22-16/h10H,2-8H2,1H3,(H,17,18)(H,19,21). The third kappa shape index (κ3) is 2.32. The van der Waals surface area contributed by atoms with Crippen molar-refractivity contribution in [1.29, 1.82) is 0 Å². The van der Waals surface area contributed by atoms with E-state index in [1.54, 1.807) is 0 Å². The Balaban J connectivity index is 1.48. The van der Waals surface area contributed by atoms with Crippen LogP contribution in [0.5, 0.6) is 0 Å². The molecular weight excluding hydrogens is 280 g/mol. The molecule has 0 bridgehead atoms. The lowest BCUT2D eigenvalue weighted by Crippen LogP contribution is -2.28. The van der Waals surface area contributed by atoms with Gasteiger partial charge < -0.3 is 9.51 Å². The highest BCUT2D eigenvalue weighted by Gasteiger charge is 2.29. The molecule has 2 aromatic heterocycles. The lowest BCUT2D eigenvalue weighted by atomic mass is 9.89. The number of carbonyl (C=O) groups is 1. The van der Waals surface area contributed by atoms with Crippen LogP contribution < -0.4 is 5.32 Å². The fourth-order valence-corrected chi connectivity index (χ4v) is 3.55. The van der Waals surface area contributed by atoms with Crippen LogP contribution in [0.15, 0.2) is 4.52 Å². The Morgan fingerprint density at radius 3 is 3.05 bits per heavy atom. The van der Waals surface area contributed by atoms with Gasteiger partial charge in [0.15, 0.2) is 0 Å². The van der Waals surface area contributed by atoms with Gasteiger partial charge in [-0.1, -0.05) is 5.16 Å². The first-order valence-electron chi connectivity index (χ1n) is 8.03. The molecule has 1 unspecified atom stereocenters. The smallest absolute Gasteiger partial charge is 0.234 e. The van der Waals surface area contributed by atoms with Crippen LogP contribution in [0, 0.1) is 12.8 Å². The minimum Gasteiger partial charge on any atom is -0.346 e. The summed E-state index contributed by atoms with van der Waals surface area (Å²) in [7, 11) is 0. The first-order chi connectivity index (χ1) is 10.7. The minimum absolute atomic E-state index is 0.0300. The summed E-state index contributed by atoms with van der Waals surface area (Å²) in [6.45, 7) is 1.95. The molecule has 0 saturated heterocycles. The monoisotopic (exact) mass is 300 g/mol. The molecule has 0 aliphatic heterocycles. The van der Waals surface area contributed by atoms with Crippen molar-refractivity contribution in [2.45, 2.75) is 51.9 Å². The number of aromatic nitrogens is 3. The number of nitrogens with one attached hydrogen (secondary N) is 2. The second kappa shape index (κ2) is 5.26. The summed E-state index contributed by atoms with van der Waals surface area (Å²) < 4.78 is 5.35. The molecule has 0 radical (unpaired) electrons. The van der Waals surface area contributed by atoms with Crippen LogP contribution in [0.25, 0.3) is 0 Å². The third-order valence-corrected chi connectivity index (χ3v) is 4.73. The average Bonchev–Trinajstić information content (AvgIpc) is 3.09. The molecule has 2 aliphatic carbocycles. The summed E-state index contributed by atoms with van der Waals surface area (Å²) in [5, 5.41) is 7.04. The van der Waals surface area contributed by atoms with Crippen molar-refractivity contribution in [3.8, 4) is 0 Å². The van der Waals surface area contributed by atoms with Crippen molar-refractivity contribution >= 4 is 11.8 Å². The zero-order chi connectivity index (χ0) is 15.1. The van der Waals surface area contributed by atoms with Crippen molar-refractivity contribution in [1.82, 2.24) is 15.1 Å². The van der Waals surface area contributed by atoms with Crippen LogP contribution in [-0.2, 0) is 30.5 Å². The van der Waals surface area contributed by atoms with Crippen molar-refractivity contribution < 1.29 is 9.32 Å². The van der Waals surface area contributed by atoms with Gasteiger partial charge in [-0.25, -0.2) is 4.98 Å². The zero-order valence-electron chi connectivity index (χ0n) is 12.7. The van der Waals surface area contributed by atoms with E-state index in [4.69, 9.17) is 4.52 Å². The fourth-order valence-electron chi connectivity index (χ4n) is 3.55. The Hall–Kier alpha value is -2.11. The molecule has 2 aromatic rings. The number of amides is 1. The number of anilines is 1. The number of imidazole rings is 1. The highest BCUT2D eigenvalue weighted by atomic mass is 16.5. The van der Waals surface area contributed by atoms with Gasteiger partial charge in [-0.05, 0) is 45.4 Å². The van der Waals surface area contributed by atoms with Crippen LogP contribution in [-0.4, -0.2) is 21.0 Å². The molecule has 0 saturated carbocycles. The fraction of sp³-hybridized carbons (Fsp3) is 0.562. The molecule has 1 amide bonds. The maximum absolute atomic E-state index is 12.5. The van der Waals surface area contributed by atoms with Crippen molar-refractivity contribution in [3.63, 3.8) is 0 Å². The quantitative estimate of drug-likeness (QED) is 0.891. The number of H-pyrrole nitrogens is 1. The molecule has 1 atom stereocenters. The van der Waals surface area contributed by atoms with E-state index in [9.17, 15) is 4.79 Å². The lowest BCUT2D eigenvalue weighted by Gasteiger charge is -2.20. The second-order valence-corrected chi connectivity index (χ2v) is 6.32. The first-order valence-corrected chi connectivity index (χ1v) is 8.03. The molecule has 0 spiro atoms. The Kier molecular flexibility index (Phi) is 3.24. The molecule has 4 rings (SSSR count). The van der Waals surface area contributed by atoms with Gasteiger partial charge in [0.25, 0.3) is 0 Å². The van der Waals surface area contributed by atoms with Crippen LogP contribution in [0.2, 0.25) is 0 Å². The zero-order valence-corrected chi connectivity index (χ0v) is 12.7. The highest BCUT2D eigenvalue weighted by molar-refractivity contribution is 5.92. The predicted octanol–water partition coefficient (Wildman–Crippen LogP) is 2.33. The normalized spacial score (nSPS) is 20.3. The van der Waals surface area contributed by atoms with Gasteiger partial charge in [0.1, 0.15) is 5.82 Å². The summed E-state index contributed by atoms with van der Waals surface area (Å²) in [6, 6.07) is 0. The van der Waals surface area contributed by atoms with Gasteiger partial charge in [0.2, 0.25) is 11.8 Å². The average molecular weight is 300 g/mol. The van der Waals surface area contributed by atoms with Gasteiger partial charge >= 0.3 is 0 Å². The summed E-state index contributed by atoms with van der Waals surface area (Å²) in [5.74, 6) is 1.49. The highest BCUT2D eigenvalue weighted by Crippen LogP contribution is 2.29. The summed E-state index contributed by atoms with van der Waals surface area (Å²) in [6.07, 6.45) is 6.59. The number of rotatable bonds is 2. The molecule has 2 N–H and O–H groups in total. The number of nitrogens with zero attached hydrogens (tertiary/aromatic N) is 2. The minimum atomic E-state index is -0.0308. The molecule has 0 aromatic carbocycles. The number of aromatic amines is 1. The van der Waals surface area contributed by atoms with Crippen LogP contribution in [0.4, 0.5) is 5.88 Å². The summed E-state index contributed by atoms with van der Waals surface area (Å²) in [5.41, 5.74) is 4.31. The summed E-state index contributed by atoms with van der Waals surface area (Å²) >= 11 is 0. The molecule has 0 fully saturated rings. The van der Waals surface area contributed by atoms with E-state index in [1.165, 1.54) is 0 Å². The van der Waals surface area contributed by atoms with E-state index in [2.05, 4.69) is 20.4 Å². The van der Waals surface area contributed by atoms with Gasteiger partial charge in [-0.15, -0.1) is 0 Å². The number of fused-ring (bicyclic) bond motifs is 2. The molecule has 2 heterocycles. The number of hydrogen-bond donors (Lipinski definition) is 2. The Labute approximate surface area is 128 Å². The van der Waals surface area contributed by atoms with Crippen LogP contribution in [0.1, 0.15) is 47.7 Å². The largest absolute Gasteiger partial charge is 0.346 e. The topological polar surface area (TPSA) is 83.8 Å². The van der Waals surface area contributed by atoms with E-state index in [0.717, 1.165) is 73.4 Å². The molecule has 116 valence electrons. The number of hydrogen-bond acceptors (Lipinski definition) is 4. The second-order valence-electron chi connectivity index (χ2n) is 6.32. The van der Waals surface area contributed by atoms with Crippen LogP contribution >= 0.6 is 0 Å². The van der Waals surface area contributed by atoms with Gasteiger partial charge in [-0.3, -0.25) is 10.1 Å². The van der Waals surface area contributed by atoms with Crippen molar-refractivity contribution in [2.24, 2.45) is 5.92 Å². The van der Waals surface area contributed by atoms with Crippen molar-refractivity contribution in [2.75, 3.05) is 5.32 Å². The Morgan fingerprint density at radius 2 is 2.14 bits per heavy atom. The predicted molar refractivity (Wildman–Crippen MR) is 80.6 cm³/mol. The van der Waals surface area contributed by atoms with E-state index in [-0.39, 0.29) is 11.8 Å². The maximum atomic E-state index is 12.5. The van der Waals surface area contributed by atoms with Gasteiger partial charge in [0.05, 0.1) is 11.4 Å². The van der Waals surface area contributed by atoms with Gasteiger partial charge in [0, 0.05) is 23.6 Å². The van der Waals surface area contributed by atoms with E-state index in [0.29, 0.717) is 5.88 Å². The maximum Gasteiger partial charge on any atom is 0.234 e.